The van der Waals surface area contributed by atoms with E-state index in [4.69, 9.17) is 4.74 Å². The molecule has 0 amide bonds. The Labute approximate surface area is 192 Å². The van der Waals surface area contributed by atoms with Crippen molar-refractivity contribution in [2.75, 3.05) is 41.9 Å². The predicted molar refractivity (Wildman–Crippen MR) is 124 cm³/mol. The van der Waals surface area contributed by atoms with E-state index < -0.39 is 9.85 Å². The van der Waals surface area contributed by atoms with Crippen molar-refractivity contribution in [1.82, 2.24) is 15.0 Å². The lowest BCUT2D eigenvalue weighted by Crippen LogP contribution is -2.37. The molecule has 1 aliphatic rings. The number of nitro benzene ring substituents is 2. The Kier molecular flexibility index (Phi) is 6.78. The summed E-state index contributed by atoms with van der Waals surface area (Å²) in [7, 11) is 0. The van der Waals surface area contributed by atoms with E-state index in [-0.39, 0.29) is 23.3 Å². The second kappa shape index (κ2) is 10.3. The topological polar surface area (TPSA) is 174 Å². The van der Waals surface area contributed by atoms with E-state index in [0.717, 1.165) is 0 Å². The molecule has 0 aliphatic carbocycles. The Balaban J connectivity index is 1.54. The van der Waals surface area contributed by atoms with Crippen molar-refractivity contribution in [2.24, 2.45) is 5.10 Å². The van der Waals surface area contributed by atoms with Gasteiger partial charge in [-0.3, -0.25) is 20.2 Å². The summed E-state index contributed by atoms with van der Waals surface area (Å²) in [5.41, 5.74) is 3.91. The molecule has 2 heterocycles. The van der Waals surface area contributed by atoms with Crippen LogP contribution in [0.25, 0.3) is 0 Å². The number of non-ortho nitro benzene ring substituents is 2. The van der Waals surface area contributed by atoms with Gasteiger partial charge in [0.1, 0.15) is 0 Å². The number of hydrogen-bond acceptors (Lipinski definition) is 12. The van der Waals surface area contributed by atoms with E-state index in [2.05, 4.69) is 30.8 Å². The van der Waals surface area contributed by atoms with E-state index in [1.807, 2.05) is 4.90 Å². The van der Waals surface area contributed by atoms with Crippen molar-refractivity contribution in [3.8, 4) is 0 Å². The third kappa shape index (κ3) is 5.74. The lowest BCUT2D eigenvalue weighted by Gasteiger charge is -2.27. The highest BCUT2D eigenvalue weighted by molar-refractivity contribution is 5.80. The lowest BCUT2D eigenvalue weighted by molar-refractivity contribution is -0.385. The molecule has 4 rings (SSSR count). The highest BCUT2D eigenvalue weighted by Crippen LogP contribution is 2.21. The number of nitrogens with zero attached hydrogens (tertiary/aromatic N) is 7. The Morgan fingerprint density at radius 1 is 0.882 bits per heavy atom. The fraction of sp³-hybridized carbons (Fsp3) is 0.200. The monoisotopic (exact) mass is 465 g/mol. The van der Waals surface area contributed by atoms with Gasteiger partial charge < -0.3 is 15.0 Å². The van der Waals surface area contributed by atoms with Crippen LogP contribution in [0, 0.1) is 20.2 Å². The van der Waals surface area contributed by atoms with Crippen molar-refractivity contribution in [2.45, 2.75) is 0 Å². The molecule has 1 fully saturated rings. The molecule has 2 aromatic carbocycles. The molecule has 3 aromatic rings. The van der Waals surface area contributed by atoms with Gasteiger partial charge in [-0.05, 0) is 29.8 Å². The number of anilines is 4. The number of hydrogen-bond donors (Lipinski definition) is 2. The fourth-order valence-corrected chi connectivity index (χ4v) is 3.02. The summed E-state index contributed by atoms with van der Waals surface area (Å²) in [4.78, 5) is 35.8. The summed E-state index contributed by atoms with van der Waals surface area (Å²) < 4.78 is 5.38. The second-order valence-corrected chi connectivity index (χ2v) is 7.03. The number of ether oxygens (including phenoxy) is 1. The van der Waals surface area contributed by atoms with Crippen LogP contribution in [0.4, 0.5) is 34.9 Å². The average molecular weight is 465 g/mol. The molecule has 1 saturated heterocycles. The van der Waals surface area contributed by atoms with Crippen LogP contribution in [0.15, 0.2) is 53.6 Å². The van der Waals surface area contributed by atoms with Gasteiger partial charge in [-0.1, -0.05) is 0 Å². The van der Waals surface area contributed by atoms with Crippen LogP contribution in [-0.4, -0.2) is 57.3 Å². The molecule has 14 heteroatoms. The van der Waals surface area contributed by atoms with Gasteiger partial charge in [0.15, 0.2) is 0 Å². The summed E-state index contributed by atoms with van der Waals surface area (Å²) >= 11 is 0. The minimum Gasteiger partial charge on any atom is -0.378 e. The minimum absolute atomic E-state index is 0.0142. The van der Waals surface area contributed by atoms with Gasteiger partial charge in [0.05, 0.1) is 29.3 Å². The molecule has 174 valence electrons. The number of nitrogens with one attached hydrogen (secondary N) is 2. The van der Waals surface area contributed by atoms with Crippen LogP contribution in [0.1, 0.15) is 5.56 Å². The maximum absolute atomic E-state index is 10.9. The first-order valence-electron chi connectivity index (χ1n) is 10.1. The predicted octanol–water partition coefficient (Wildman–Crippen LogP) is 2.71. The number of nitro groups is 2. The quantitative estimate of drug-likeness (QED) is 0.284. The van der Waals surface area contributed by atoms with Crippen LogP contribution in [0.5, 0.6) is 0 Å². The summed E-state index contributed by atoms with van der Waals surface area (Å²) in [5.74, 6) is 0.799. The van der Waals surface area contributed by atoms with Gasteiger partial charge in [-0.2, -0.15) is 20.1 Å². The number of rotatable bonds is 8. The van der Waals surface area contributed by atoms with Gasteiger partial charge in [-0.25, -0.2) is 5.43 Å². The van der Waals surface area contributed by atoms with E-state index in [1.54, 1.807) is 24.3 Å². The van der Waals surface area contributed by atoms with Gasteiger partial charge in [0, 0.05) is 43.0 Å². The molecule has 0 unspecified atom stereocenters. The van der Waals surface area contributed by atoms with Crippen molar-refractivity contribution in [1.29, 1.82) is 0 Å². The van der Waals surface area contributed by atoms with Gasteiger partial charge in [-0.15, -0.1) is 0 Å². The summed E-state index contributed by atoms with van der Waals surface area (Å²) in [6, 6.07) is 11.8. The van der Waals surface area contributed by atoms with Crippen LogP contribution in [-0.2, 0) is 4.74 Å². The molecule has 2 N–H and O–H groups in total. The molecule has 1 aromatic heterocycles. The summed E-state index contributed by atoms with van der Waals surface area (Å²) in [6.07, 6.45) is 1.48. The Bertz CT molecular complexity index is 1200. The molecule has 0 atom stereocenters. The third-order valence-corrected chi connectivity index (χ3v) is 4.73. The molecule has 0 radical (unpaired) electrons. The van der Waals surface area contributed by atoms with Crippen molar-refractivity contribution in [3.63, 3.8) is 0 Å². The summed E-state index contributed by atoms with van der Waals surface area (Å²) in [6.45, 7) is 2.29. The third-order valence-electron chi connectivity index (χ3n) is 4.73. The lowest BCUT2D eigenvalue weighted by atomic mass is 10.2. The SMILES string of the molecule is O=[N+]([O-])c1ccc(/C=N/Nc2nc(Nc3ccc([N+](=O)[O-])cc3)nc(N3CCOCC3)n2)cc1. The molecule has 1 aliphatic heterocycles. The highest BCUT2D eigenvalue weighted by Gasteiger charge is 2.17. The second-order valence-electron chi connectivity index (χ2n) is 7.03. The molecule has 0 spiro atoms. The van der Waals surface area contributed by atoms with Gasteiger partial charge in [0.2, 0.25) is 17.8 Å². The van der Waals surface area contributed by atoms with Crippen molar-refractivity contribution in [3.05, 3.63) is 74.3 Å². The van der Waals surface area contributed by atoms with Gasteiger partial charge >= 0.3 is 0 Å². The molecular formula is C20H19N9O5. The number of hydrazone groups is 1. The number of aromatic nitrogens is 3. The van der Waals surface area contributed by atoms with E-state index in [9.17, 15) is 20.2 Å². The Morgan fingerprint density at radius 2 is 1.47 bits per heavy atom. The van der Waals surface area contributed by atoms with E-state index in [0.29, 0.717) is 43.5 Å². The molecule has 0 bridgehead atoms. The highest BCUT2D eigenvalue weighted by atomic mass is 16.6. The maximum atomic E-state index is 10.9. The molecule has 14 nitrogen and oxygen atoms in total. The first-order chi connectivity index (χ1) is 16.5. The average Bonchev–Trinajstić information content (AvgIpc) is 2.85. The normalized spacial score (nSPS) is 13.6. The maximum Gasteiger partial charge on any atom is 0.269 e. The smallest absolute Gasteiger partial charge is 0.269 e. The Morgan fingerprint density at radius 3 is 2.09 bits per heavy atom. The fourth-order valence-electron chi connectivity index (χ4n) is 3.02. The molecule has 0 saturated carbocycles. The van der Waals surface area contributed by atoms with Crippen LogP contribution < -0.4 is 15.6 Å². The number of morpholine rings is 1. The minimum atomic E-state index is -0.478. The van der Waals surface area contributed by atoms with Crippen LogP contribution in [0.3, 0.4) is 0 Å². The molecular weight excluding hydrogens is 446 g/mol. The van der Waals surface area contributed by atoms with Crippen molar-refractivity contribution >= 4 is 41.1 Å². The van der Waals surface area contributed by atoms with E-state index in [1.165, 1.54) is 30.5 Å². The summed E-state index contributed by atoms with van der Waals surface area (Å²) in [5, 5.41) is 28.8. The zero-order chi connectivity index (χ0) is 23.9. The van der Waals surface area contributed by atoms with Crippen molar-refractivity contribution < 1.29 is 14.6 Å². The first kappa shape index (κ1) is 22.5. The molecule has 34 heavy (non-hydrogen) atoms. The number of benzene rings is 2. The van der Waals surface area contributed by atoms with E-state index >= 15 is 0 Å². The van der Waals surface area contributed by atoms with Crippen LogP contribution >= 0.6 is 0 Å². The van der Waals surface area contributed by atoms with Crippen LogP contribution in [0.2, 0.25) is 0 Å². The Hall–Kier alpha value is -4.72. The standard InChI is InChI=1S/C20H19N9O5/c30-28(31)16-5-1-14(2-6-16)13-21-26-19-23-18(22-15-3-7-17(8-4-15)29(32)33)24-20(25-19)27-9-11-34-12-10-27/h1-8,13H,9-12H2,(H2,22,23,24,25,26)/b21-13+. The zero-order valence-corrected chi connectivity index (χ0v) is 17.7. The zero-order valence-electron chi connectivity index (χ0n) is 17.7. The largest absolute Gasteiger partial charge is 0.378 e. The first-order valence-corrected chi connectivity index (χ1v) is 10.1. The van der Waals surface area contributed by atoms with Gasteiger partial charge in [0.25, 0.3) is 11.4 Å².